The fourth-order valence-corrected chi connectivity index (χ4v) is 2.77. The predicted octanol–water partition coefficient (Wildman–Crippen LogP) is 2.62. The van der Waals surface area contributed by atoms with Gasteiger partial charge in [0.25, 0.3) is 0 Å². The molecule has 3 heterocycles. The minimum atomic E-state index is -0.715. The summed E-state index contributed by atoms with van der Waals surface area (Å²) in [6, 6.07) is 5.54. The molecule has 21 heavy (non-hydrogen) atoms. The quantitative estimate of drug-likeness (QED) is 0.881. The Morgan fingerprint density at radius 1 is 1.48 bits per heavy atom. The largest absolute Gasteiger partial charge is 0.481 e. The number of hydrogen-bond acceptors (Lipinski definition) is 5. The minimum Gasteiger partial charge on any atom is -0.481 e. The monoisotopic (exact) mass is 290 g/mol. The number of carboxylic acid groups (broad SMARTS) is 1. The third-order valence-electron chi connectivity index (χ3n) is 3.85. The van der Waals surface area contributed by atoms with Gasteiger partial charge in [-0.25, -0.2) is 0 Å². The van der Waals surface area contributed by atoms with E-state index in [0.717, 1.165) is 38.2 Å². The van der Waals surface area contributed by atoms with Gasteiger partial charge in [0.15, 0.2) is 5.76 Å². The molecule has 0 spiro atoms. The second kappa shape index (κ2) is 6.13. The Kier molecular flexibility index (Phi) is 4.06. The van der Waals surface area contributed by atoms with E-state index in [0.29, 0.717) is 17.4 Å². The lowest BCUT2D eigenvalue weighted by molar-refractivity contribution is -0.137. The summed E-state index contributed by atoms with van der Waals surface area (Å²) in [7, 11) is 0. The lowest BCUT2D eigenvalue weighted by Gasteiger charge is -2.13. The highest BCUT2D eigenvalue weighted by Gasteiger charge is 2.24. The van der Waals surface area contributed by atoms with E-state index in [4.69, 9.17) is 14.0 Å². The molecular weight excluding hydrogens is 272 g/mol. The number of rotatable bonds is 6. The van der Waals surface area contributed by atoms with Crippen molar-refractivity contribution >= 4 is 5.97 Å². The average Bonchev–Trinajstić information content (AvgIpc) is 3.18. The Morgan fingerprint density at radius 2 is 2.38 bits per heavy atom. The summed E-state index contributed by atoms with van der Waals surface area (Å²) < 4.78 is 10.5. The van der Waals surface area contributed by atoms with E-state index in [1.165, 1.54) is 0 Å². The van der Waals surface area contributed by atoms with Crippen LogP contribution in [-0.4, -0.2) is 34.2 Å². The van der Waals surface area contributed by atoms with Gasteiger partial charge in [-0.05, 0) is 37.4 Å². The molecule has 0 saturated carbocycles. The van der Waals surface area contributed by atoms with Crippen LogP contribution in [0.1, 0.15) is 25.0 Å². The van der Waals surface area contributed by atoms with Crippen molar-refractivity contribution in [2.45, 2.75) is 25.8 Å². The number of carbonyl (C=O) groups is 1. The standard InChI is InChI=1S/C15H18N2O4/c18-15(19)4-3-11-5-6-17(9-11)10-12-8-14(21-16-12)13-2-1-7-20-13/h1-2,7-8,11H,3-6,9-10H2,(H,18,19). The maximum atomic E-state index is 10.6. The Bertz CT molecular complexity index is 591. The number of hydrogen-bond donors (Lipinski definition) is 1. The minimum absolute atomic E-state index is 0.255. The fourth-order valence-electron chi connectivity index (χ4n) is 2.77. The normalized spacial score (nSPS) is 19.1. The number of aliphatic carboxylic acids is 1. The van der Waals surface area contributed by atoms with Crippen LogP contribution in [0.5, 0.6) is 0 Å². The molecular formula is C15H18N2O4. The molecule has 0 bridgehead atoms. The zero-order valence-electron chi connectivity index (χ0n) is 11.7. The summed E-state index contributed by atoms with van der Waals surface area (Å²) in [5.41, 5.74) is 0.875. The van der Waals surface area contributed by atoms with Crippen LogP contribution in [-0.2, 0) is 11.3 Å². The van der Waals surface area contributed by atoms with Gasteiger partial charge in [-0.2, -0.15) is 0 Å². The van der Waals surface area contributed by atoms with Gasteiger partial charge in [-0.15, -0.1) is 0 Å². The summed E-state index contributed by atoms with van der Waals surface area (Å²) in [5.74, 6) is 1.07. The molecule has 1 aliphatic rings. The van der Waals surface area contributed by atoms with Crippen molar-refractivity contribution in [3.05, 3.63) is 30.2 Å². The molecule has 1 atom stereocenters. The van der Waals surface area contributed by atoms with Crippen molar-refractivity contribution in [3.63, 3.8) is 0 Å². The lowest BCUT2D eigenvalue weighted by atomic mass is 10.0. The SMILES string of the molecule is O=C(O)CCC1CCN(Cc2cc(-c3ccco3)on2)C1. The molecule has 1 N–H and O–H groups in total. The molecule has 0 amide bonds. The molecule has 6 nitrogen and oxygen atoms in total. The molecule has 1 fully saturated rings. The highest BCUT2D eigenvalue weighted by molar-refractivity contribution is 5.66. The van der Waals surface area contributed by atoms with E-state index in [1.807, 2.05) is 18.2 Å². The van der Waals surface area contributed by atoms with Crippen molar-refractivity contribution in [3.8, 4) is 11.5 Å². The van der Waals surface area contributed by atoms with Gasteiger partial charge >= 0.3 is 5.97 Å². The predicted molar refractivity (Wildman–Crippen MR) is 74.5 cm³/mol. The first-order valence-corrected chi connectivity index (χ1v) is 7.14. The zero-order chi connectivity index (χ0) is 14.7. The first-order valence-electron chi connectivity index (χ1n) is 7.14. The van der Waals surface area contributed by atoms with E-state index >= 15 is 0 Å². The van der Waals surface area contributed by atoms with Crippen LogP contribution < -0.4 is 0 Å². The smallest absolute Gasteiger partial charge is 0.303 e. The first-order chi connectivity index (χ1) is 10.2. The summed E-state index contributed by atoms with van der Waals surface area (Å²) in [5, 5.41) is 12.8. The van der Waals surface area contributed by atoms with Gasteiger partial charge in [0.05, 0.1) is 12.0 Å². The van der Waals surface area contributed by atoms with Gasteiger partial charge in [-0.1, -0.05) is 5.16 Å². The zero-order valence-corrected chi connectivity index (χ0v) is 11.7. The van der Waals surface area contributed by atoms with E-state index in [1.54, 1.807) is 6.26 Å². The molecule has 0 radical (unpaired) electrons. The van der Waals surface area contributed by atoms with E-state index < -0.39 is 5.97 Å². The number of nitrogens with zero attached hydrogens (tertiary/aromatic N) is 2. The molecule has 0 aliphatic carbocycles. The van der Waals surface area contributed by atoms with E-state index in [2.05, 4.69) is 10.1 Å². The molecule has 1 aliphatic heterocycles. The number of carboxylic acids is 1. The van der Waals surface area contributed by atoms with Gasteiger partial charge in [0, 0.05) is 25.6 Å². The highest BCUT2D eigenvalue weighted by Crippen LogP contribution is 2.25. The van der Waals surface area contributed by atoms with Crippen molar-refractivity contribution < 1.29 is 18.8 Å². The number of furan rings is 1. The third-order valence-corrected chi connectivity index (χ3v) is 3.85. The van der Waals surface area contributed by atoms with E-state index in [-0.39, 0.29) is 6.42 Å². The Labute approximate surface area is 122 Å². The first kappa shape index (κ1) is 13.9. The maximum Gasteiger partial charge on any atom is 0.303 e. The second-order valence-electron chi connectivity index (χ2n) is 5.48. The fraction of sp³-hybridized carbons (Fsp3) is 0.467. The van der Waals surface area contributed by atoms with Crippen LogP contribution in [0.3, 0.4) is 0 Å². The molecule has 2 aromatic heterocycles. The molecule has 6 heteroatoms. The van der Waals surface area contributed by atoms with E-state index in [9.17, 15) is 4.79 Å². The maximum absolute atomic E-state index is 10.6. The third kappa shape index (κ3) is 3.52. The van der Waals surface area contributed by atoms with Crippen LogP contribution in [0, 0.1) is 5.92 Å². The van der Waals surface area contributed by atoms with Crippen LogP contribution >= 0.6 is 0 Å². The molecule has 3 rings (SSSR count). The molecule has 0 aromatic carbocycles. The lowest BCUT2D eigenvalue weighted by Crippen LogP contribution is -2.20. The van der Waals surface area contributed by atoms with Gasteiger partial charge in [0.1, 0.15) is 0 Å². The van der Waals surface area contributed by atoms with Crippen molar-refractivity contribution in [1.29, 1.82) is 0 Å². The molecule has 1 unspecified atom stereocenters. The topological polar surface area (TPSA) is 79.7 Å². The van der Waals surface area contributed by atoms with Crippen molar-refractivity contribution in [2.75, 3.05) is 13.1 Å². The molecule has 1 saturated heterocycles. The summed E-state index contributed by atoms with van der Waals surface area (Å²) in [4.78, 5) is 12.9. The summed E-state index contributed by atoms with van der Waals surface area (Å²) in [6.45, 7) is 2.64. The Hall–Kier alpha value is -2.08. The Balaban J connectivity index is 1.52. The number of likely N-dealkylation sites (tertiary alicyclic amines) is 1. The van der Waals surface area contributed by atoms with Crippen molar-refractivity contribution in [1.82, 2.24) is 10.1 Å². The van der Waals surface area contributed by atoms with Gasteiger partial charge in [-0.3, -0.25) is 9.69 Å². The summed E-state index contributed by atoms with van der Waals surface area (Å²) >= 11 is 0. The highest BCUT2D eigenvalue weighted by atomic mass is 16.5. The average molecular weight is 290 g/mol. The van der Waals surface area contributed by atoms with Crippen molar-refractivity contribution in [2.24, 2.45) is 5.92 Å². The molecule has 2 aromatic rings. The van der Waals surface area contributed by atoms with Crippen LogP contribution in [0.4, 0.5) is 0 Å². The van der Waals surface area contributed by atoms with Gasteiger partial charge in [0.2, 0.25) is 5.76 Å². The number of aromatic nitrogens is 1. The van der Waals surface area contributed by atoms with Crippen LogP contribution in [0.2, 0.25) is 0 Å². The van der Waals surface area contributed by atoms with Gasteiger partial charge < -0.3 is 14.0 Å². The summed E-state index contributed by atoms with van der Waals surface area (Å²) in [6.07, 6.45) is 3.66. The van der Waals surface area contributed by atoms with Crippen LogP contribution in [0.15, 0.2) is 33.4 Å². The van der Waals surface area contributed by atoms with Crippen LogP contribution in [0.25, 0.3) is 11.5 Å². The second-order valence-corrected chi connectivity index (χ2v) is 5.48. The Morgan fingerprint density at radius 3 is 3.14 bits per heavy atom. The molecule has 112 valence electrons.